The van der Waals surface area contributed by atoms with Crippen molar-refractivity contribution in [2.45, 2.75) is 88.4 Å². The van der Waals surface area contributed by atoms with E-state index in [0.717, 1.165) is 33.8 Å². The largest absolute Gasteiger partial charge is 0.478 e. The number of benzene rings is 3. The zero-order valence-corrected chi connectivity index (χ0v) is 21.9. The number of rotatable bonds is 4. The molecule has 0 radical (unpaired) electrons. The van der Waals surface area contributed by atoms with E-state index in [1.54, 1.807) is 12.1 Å². The maximum absolute atomic E-state index is 11.7. The minimum atomic E-state index is -0.887. The molecule has 5 nitrogen and oxygen atoms in total. The lowest BCUT2D eigenvalue weighted by Crippen LogP contribution is -2.28. The fourth-order valence-electron chi connectivity index (χ4n) is 8.44. The minimum Gasteiger partial charge on any atom is -0.478 e. The Hall–Kier alpha value is -3.47. The first kappa shape index (κ1) is 22.5. The predicted molar refractivity (Wildman–Crippen MR) is 149 cm³/mol. The van der Waals surface area contributed by atoms with E-state index in [2.05, 4.69) is 46.2 Å². The van der Waals surface area contributed by atoms with Crippen LogP contribution in [0.15, 0.2) is 54.6 Å². The van der Waals surface area contributed by atoms with E-state index < -0.39 is 5.97 Å². The van der Waals surface area contributed by atoms with Crippen molar-refractivity contribution >= 4 is 17.3 Å². The molecule has 0 aromatic heterocycles. The van der Waals surface area contributed by atoms with Crippen LogP contribution in [-0.4, -0.2) is 35.2 Å². The Balaban J connectivity index is 1.25. The second-order valence-electron chi connectivity index (χ2n) is 12.1. The lowest BCUT2D eigenvalue weighted by molar-refractivity contribution is 0.0696. The molecule has 5 heteroatoms. The molecule has 4 fully saturated rings. The van der Waals surface area contributed by atoms with E-state index in [1.165, 1.54) is 62.7 Å². The van der Waals surface area contributed by atoms with Crippen LogP contribution >= 0.6 is 0 Å². The monoisotopic (exact) mass is 506 g/mol. The molecule has 0 atom stereocenters. The van der Waals surface area contributed by atoms with E-state index in [-0.39, 0.29) is 5.92 Å². The SMILES string of the molecule is Cc1cc(C(=O)O)ccc1C1c2ccc(N3C4CCC3CC4)cc2Oc2cc(N3C4CCC3CC4)ccc21. The van der Waals surface area contributed by atoms with Gasteiger partial charge in [-0.2, -0.15) is 0 Å². The van der Waals surface area contributed by atoms with Crippen LogP contribution < -0.4 is 14.5 Å². The molecule has 0 unspecified atom stereocenters. The Morgan fingerprint density at radius 2 is 1.13 bits per heavy atom. The van der Waals surface area contributed by atoms with Crippen molar-refractivity contribution in [3.8, 4) is 11.5 Å². The highest BCUT2D eigenvalue weighted by atomic mass is 16.5. The second-order valence-corrected chi connectivity index (χ2v) is 12.1. The number of aryl methyl sites for hydroxylation is 1. The van der Waals surface area contributed by atoms with Gasteiger partial charge in [0.05, 0.1) is 5.56 Å². The van der Waals surface area contributed by atoms with Gasteiger partial charge in [-0.05, 0) is 93.7 Å². The summed E-state index contributed by atoms with van der Waals surface area (Å²) in [6.45, 7) is 2.03. The molecule has 4 bridgehead atoms. The van der Waals surface area contributed by atoms with E-state index in [4.69, 9.17) is 4.74 Å². The number of anilines is 2. The zero-order valence-electron chi connectivity index (χ0n) is 21.9. The summed E-state index contributed by atoms with van der Waals surface area (Å²) in [5.74, 6) is 0.997. The number of carboxylic acids is 1. The van der Waals surface area contributed by atoms with Crippen LogP contribution in [0.4, 0.5) is 11.4 Å². The van der Waals surface area contributed by atoms with Crippen molar-refractivity contribution in [3.63, 3.8) is 0 Å². The molecule has 0 aliphatic carbocycles. The topological polar surface area (TPSA) is 53.0 Å². The molecule has 0 saturated carbocycles. The Kier molecular flexibility index (Phi) is 4.89. The van der Waals surface area contributed by atoms with Gasteiger partial charge in [-0.25, -0.2) is 4.79 Å². The zero-order chi connectivity index (χ0) is 25.5. The molecule has 38 heavy (non-hydrogen) atoms. The molecule has 4 saturated heterocycles. The van der Waals surface area contributed by atoms with Gasteiger partial charge in [-0.15, -0.1) is 0 Å². The second kappa shape index (κ2) is 8.26. The van der Waals surface area contributed by atoms with Gasteiger partial charge in [0.15, 0.2) is 0 Å². The number of nitrogens with zero attached hydrogens (tertiary/aromatic N) is 2. The summed E-state index contributed by atoms with van der Waals surface area (Å²) in [4.78, 5) is 16.9. The summed E-state index contributed by atoms with van der Waals surface area (Å²) in [5.41, 5.74) is 7.35. The van der Waals surface area contributed by atoms with Gasteiger partial charge in [0.2, 0.25) is 0 Å². The third-order valence-corrected chi connectivity index (χ3v) is 10.2. The molecule has 5 aliphatic rings. The van der Waals surface area contributed by atoms with Gasteiger partial charge in [-0.3, -0.25) is 0 Å². The lowest BCUT2D eigenvalue weighted by Gasteiger charge is -2.33. The van der Waals surface area contributed by atoms with Crippen molar-refractivity contribution in [2.75, 3.05) is 9.80 Å². The van der Waals surface area contributed by atoms with Crippen LogP contribution in [0.5, 0.6) is 11.5 Å². The molecular formula is C33H34N2O3. The Labute approximate surface area is 224 Å². The normalized spacial score (nSPS) is 28.4. The molecule has 1 N–H and O–H groups in total. The van der Waals surface area contributed by atoms with Gasteiger partial charge < -0.3 is 19.6 Å². The van der Waals surface area contributed by atoms with Crippen molar-refractivity contribution < 1.29 is 14.6 Å². The van der Waals surface area contributed by atoms with E-state index in [1.807, 2.05) is 13.0 Å². The highest BCUT2D eigenvalue weighted by Gasteiger charge is 2.41. The number of carboxylic acid groups (broad SMARTS) is 1. The number of fused-ring (bicyclic) bond motifs is 6. The fourth-order valence-corrected chi connectivity index (χ4v) is 8.44. The molecule has 5 aliphatic heterocycles. The number of hydrogen-bond acceptors (Lipinski definition) is 4. The van der Waals surface area contributed by atoms with Crippen molar-refractivity contribution in [1.82, 2.24) is 0 Å². The summed E-state index contributed by atoms with van der Waals surface area (Å²) in [7, 11) is 0. The van der Waals surface area contributed by atoms with Gasteiger partial charge in [0.1, 0.15) is 11.5 Å². The van der Waals surface area contributed by atoms with Crippen LogP contribution in [0.3, 0.4) is 0 Å². The van der Waals surface area contributed by atoms with Crippen LogP contribution in [-0.2, 0) is 0 Å². The Morgan fingerprint density at radius 1 is 0.684 bits per heavy atom. The van der Waals surface area contributed by atoms with Crippen LogP contribution in [0.25, 0.3) is 0 Å². The van der Waals surface area contributed by atoms with Crippen LogP contribution in [0.2, 0.25) is 0 Å². The first-order chi connectivity index (χ1) is 18.5. The Morgan fingerprint density at radius 3 is 1.55 bits per heavy atom. The summed E-state index contributed by atoms with van der Waals surface area (Å²) in [5, 5.41) is 9.56. The average molecular weight is 507 g/mol. The van der Waals surface area contributed by atoms with Gasteiger partial charge in [0.25, 0.3) is 0 Å². The molecule has 5 heterocycles. The van der Waals surface area contributed by atoms with Crippen LogP contribution in [0, 0.1) is 6.92 Å². The summed E-state index contributed by atoms with van der Waals surface area (Å²) in [6, 6.07) is 21.8. The number of ether oxygens (including phenoxy) is 1. The third kappa shape index (κ3) is 3.26. The molecular weight excluding hydrogens is 472 g/mol. The summed E-state index contributed by atoms with van der Waals surface area (Å²) in [6.07, 6.45) is 10.4. The number of hydrogen-bond donors (Lipinski definition) is 1. The molecule has 3 aromatic rings. The fraction of sp³-hybridized carbons (Fsp3) is 0.424. The van der Waals surface area contributed by atoms with Crippen molar-refractivity contribution in [1.29, 1.82) is 0 Å². The predicted octanol–water partition coefficient (Wildman–Crippen LogP) is 7.24. The molecule has 8 rings (SSSR count). The molecule has 0 spiro atoms. The Bertz CT molecular complexity index is 1350. The first-order valence-electron chi connectivity index (χ1n) is 14.4. The summed E-state index contributed by atoms with van der Waals surface area (Å²) >= 11 is 0. The average Bonchev–Trinajstić information content (AvgIpc) is 3.72. The standard InChI is InChI=1S/C33H34N2O3/c1-19-16-20(33(36)37)2-13-27(19)32-28-14-11-25(34-21-3-4-22(34)6-5-21)17-30(28)38-31-18-26(12-15-29(31)32)35-23-7-8-24(35)10-9-23/h2,11-18,21-24,32H,3-10H2,1H3,(H,36,37). The molecule has 0 amide bonds. The van der Waals surface area contributed by atoms with Gasteiger partial charge in [0, 0.05) is 64.7 Å². The lowest BCUT2D eigenvalue weighted by atomic mass is 9.80. The quantitative estimate of drug-likeness (QED) is 0.316. The highest BCUT2D eigenvalue weighted by molar-refractivity contribution is 5.88. The van der Waals surface area contributed by atoms with Crippen molar-refractivity contribution in [2.24, 2.45) is 0 Å². The van der Waals surface area contributed by atoms with Crippen molar-refractivity contribution in [3.05, 3.63) is 82.4 Å². The van der Waals surface area contributed by atoms with Crippen LogP contribution in [0.1, 0.15) is 89.9 Å². The maximum atomic E-state index is 11.7. The van der Waals surface area contributed by atoms with E-state index >= 15 is 0 Å². The van der Waals surface area contributed by atoms with Gasteiger partial charge >= 0.3 is 5.97 Å². The number of carbonyl (C=O) groups is 1. The highest BCUT2D eigenvalue weighted by Crippen LogP contribution is 2.52. The van der Waals surface area contributed by atoms with E-state index in [9.17, 15) is 9.90 Å². The molecule has 3 aromatic carbocycles. The first-order valence-corrected chi connectivity index (χ1v) is 14.4. The smallest absolute Gasteiger partial charge is 0.335 e. The minimum absolute atomic E-state index is 0.00490. The van der Waals surface area contributed by atoms with Gasteiger partial charge in [-0.1, -0.05) is 18.2 Å². The molecule has 194 valence electrons. The number of aromatic carboxylic acids is 1. The van der Waals surface area contributed by atoms with E-state index in [0.29, 0.717) is 29.7 Å². The summed E-state index contributed by atoms with van der Waals surface area (Å²) < 4.78 is 6.77. The third-order valence-electron chi connectivity index (χ3n) is 10.2. The maximum Gasteiger partial charge on any atom is 0.335 e.